The number of guanidine groups is 1. The predicted molar refractivity (Wildman–Crippen MR) is 71.4 cm³/mol. The van der Waals surface area contributed by atoms with Crippen LogP contribution in [0.15, 0.2) is 35.3 Å². The summed E-state index contributed by atoms with van der Waals surface area (Å²) in [7, 11) is 3.11. The summed E-state index contributed by atoms with van der Waals surface area (Å²) in [6.45, 7) is -0.0710. The molecule has 0 aliphatic rings. The number of nitrogens with zero attached hydrogens (tertiary/aromatic N) is 1. The normalized spacial score (nSPS) is 15.6. The van der Waals surface area contributed by atoms with Gasteiger partial charge in [-0.3, -0.25) is 4.99 Å². The molecule has 3 N–H and O–H groups in total. The van der Waals surface area contributed by atoms with Crippen molar-refractivity contribution in [1.29, 1.82) is 0 Å². The molecule has 1 unspecified atom stereocenters. The van der Waals surface area contributed by atoms with Gasteiger partial charge in [0.05, 0.1) is 0 Å². The van der Waals surface area contributed by atoms with Gasteiger partial charge in [-0.1, -0.05) is 30.3 Å². The first-order valence-electron chi connectivity index (χ1n) is 6.08. The molecule has 0 aliphatic carbocycles. The van der Waals surface area contributed by atoms with E-state index in [1.165, 1.54) is 31.3 Å². The maximum absolute atomic E-state index is 13.2. The van der Waals surface area contributed by atoms with Crippen molar-refractivity contribution in [2.45, 2.75) is 18.2 Å². The molecule has 0 aromatic heterocycles. The monoisotopic (exact) mass is 289 g/mol. The molecule has 112 valence electrons. The number of nitrogens with one attached hydrogen (secondary N) is 2. The minimum atomic E-state index is -4.75. The quantitative estimate of drug-likeness (QED) is 0.583. The number of alkyl halides is 3. The summed E-state index contributed by atoms with van der Waals surface area (Å²) >= 11 is 0. The highest BCUT2D eigenvalue weighted by Gasteiger charge is 2.54. The molecule has 1 aromatic rings. The van der Waals surface area contributed by atoms with Crippen LogP contribution in [0.4, 0.5) is 13.2 Å². The van der Waals surface area contributed by atoms with E-state index in [4.69, 9.17) is 0 Å². The molecule has 0 saturated carbocycles. The largest absolute Gasteiger partial charge is 0.421 e. The Morgan fingerprint density at radius 3 is 2.30 bits per heavy atom. The summed E-state index contributed by atoms with van der Waals surface area (Å²) in [5.74, 6) is 0.364. The topological polar surface area (TPSA) is 56.7 Å². The number of halogens is 3. The van der Waals surface area contributed by atoms with Gasteiger partial charge in [0, 0.05) is 27.1 Å². The zero-order valence-corrected chi connectivity index (χ0v) is 11.3. The highest BCUT2D eigenvalue weighted by molar-refractivity contribution is 5.79. The van der Waals surface area contributed by atoms with Crippen molar-refractivity contribution in [3.8, 4) is 0 Å². The molecule has 0 fully saturated rings. The summed E-state index contributed by atoms with van der Waals surface area (Å²) in [5, 5.41) is 15.4. The smallest absolute Gasteiger partial charge is 0.376 e. The average Bonchev–Trinajstić information content (AvgIpc) is 2.43. The maximum atomic E-state index is 13.2. The average molecular weight is 289 g/mol. The minimum absolute atomic E-state index is 0.0710. The Kier molecular flexibility index (Phi) is 5.38. The van der Waals surface area contributed by atoms with E-state index in [2.05, 4.69) is 15.6 Å². The molecule has 0 aliphatic heterocycles. The number of benzene rings is 1. The predicted octanol–water partition coefficient (Wildman–Crippen LogP) is 1.62. The van der Waals surface area contributed by atoms with E-state index in [-0.39, 0.29) is 12.1 Å². The second-order valence-corrected chi connectivity index (χ2v) is 4.22. The SMILES string of the molecule is CN=C(NC)NCCC(O)(c1ccccc1)C(F)(F)F. The van der Waals surface area contributed by atoms with Gasteiger partial charge >= 0.3 is 6.18 Å². The molecule has 20 heavy (non-hydrogen) atoms. The van der Waals surface area contributed by atoms with Crippen LogP contribution >= 0.6 is 0 Å². The summed E-state index contributed by atoms with van der Waals surface area (Å²) in [4.78, 5) is 3.79. The first kappa shape index (κ1) is 16.3. The summed E-state index contributed by atoms with van der Waals surface area (Å²) in [5.41, 5.74) is -3.05. The molecule has 0 radical (unpaired) electrons. The van der Waals surface area contributed by atoms with Crippen LogP contribution in [0.2, 0.25) is 0 Å². The van der Waals surface area contributed by atoms with Crippen LogP contribution in [0.25, 0.3) is 0 Å². The highest BCUT2D eigenvalue weighted by atomic mass is 19.4. The van der Waals surface area contributed by atoms with E-state index in [9.17, 15) is 18.3 Å². The Labute approximate surface area is 115 Å². The lowest BCUT2D eigenvalue weighted by Gasteiger charge is -2.31. The van der Waals surface area contributed by atoms with Crippen molar-refractivity contribution in [2.24, 2.45) is 4.99 Å². The van der Waals surface area contributed by atoms with Gasteiger partial charge in [0.2, 0.25) is 0 Å². The molecule has 0 bridgehead atoms. The van der Waals surface area contributed by atoms with E-state index in [0.29, 0.717) is 5.96 Å². The fraction of sp³-hybridized carbons (Fsp3) is 0.462. The van der Waals surface area contributed by atoms with Gasteiger partial charge in [0.25, 0.3) is 0 Å². The molecule has 1 rings (SSSR count). The number of hydrogen-bond donors (Lipinski definition) is 3. The van der Waals surface area contributed by atoms with E-state index < -0.39 is 18.2 Å². The van der Waals surface area contributed by atoms with Crippen LogP contribution in [-0.4, -0.2) is 37.9 Å². The Balaban J connectivity index is 2.87. The van der Waals surface area contributed by atoms with Gasteiger partial charge in [0.1, 0.15) is 0 Å². The molecule has 0 saturated heterocycles. The number of hydrogen-bond acceptors (Lipinski definition) is 2. The van der Waals surface area contributed by atoms with Gasteiger partial charge < -0.3 is 15.7 Å². The second-order valence-electron chi connectivity index (χ2n) is 4.22. The van der Waals surface area contributed by atoms with E-state index in [0.717, 1.165) is 0 Å². The molecule has 0 heterocycles. The van der Waals surface area contributed by atoms with Crippen LogP contribution in [0.5, 0.6) is 0 Å². The lowest BCUT2D eigenvalue weighted by atomic mass is 9.89. The molecular formula is C13H18F3N3O. The Morgan fingerprint density at radius 2 is 1.85 bits per heavy atom. The van der Waals surface area contributed by atoms with Gasteiger partial charge in [-0.25, -0.2) is 0 Å². The van der Waals surface area contributed by atoms with Crippen molar-refractivity contribution < 1.29 is 18.3 Å². The highest BCUT2D eigenvalue weighted by Crippen LogP contribution is 2.41. The lowest BCUT2D eigenvalue weighted by Crippen LogP contribution is -2.46. The summed E-state index contributed by atoms with van der Waals surface area (Å²) in [6.07, 6.45) is -5.26. The first-order chi connectivity index (χ1) is 9.35. The third kappa shape index (κ3) is 3.63. The molecule has 7 heteroatoms. The molecule has 1 aromatic carbocycles. The van der Waals surface area contributed by atoms with E-state index in [1.54, 1.807) is 13.1 Å². The van der Waals surface area contributed by atoms with Crippen molar-refractivity contribution in [3.63, 3.8) is 0 Å². The standard InChI is InChI=1S/C13H18F3N3O/c1-17-11(18-2)19-9-8-12(20,13(14,15)16)10-6-4-3-5-7-10/h3-7,20H,8-9H2,1-2H3,(H2,17,18,19). The number of rotatable bonds is 4. The summed E-state index contributed by atoms with van der Waals surface area (Å²) in [6, 6.07) is 7.06. The first-order valence-corrected chi connectivity index (χ1v) is 6.08. The Hall–Kier alpha value is -1.76. The van der Waals surface area contributed by atoms with Crippen molar-refractivity contribution in [2.75, 3.05) is 20.6 Å². The fourth-order valence-corrected chi connectivity index (χ4v) is 1.80. The third-order valence-corrected chi connectivity index (χ3v) is 2.96. The zero-order valence-electron chi connectivity index (χ0n) is 11.3. The van der Waals surface area contributed by atoms with Crippen LogP contribution < -0.4 is 10.6 Å². The number of aliphatic imine (C=N–C) groups is 1. The van der Waals surface area contributed by atoms with Gasteiger partial charge in [-0.05, 0) is 5.56 Å². The zero-order chi connectivity index (χ0) is 15.2. The molecule has 1 atom stereocenters. The van der Waals surface area contributed by atoms with Gasteiger partial charge in [0.15, 0.2) is 11.6 Å². The van der Waals surface area contributed by atoms with Crippen molar-refractivity contribution >= 4 is 5.96 Å². The molecular weight excluding hydrogens is 271 g/mol. The second kappa shape index (κ2) is 6.60. The van der Waals surface area contributed by atoms with Crippen LogP contribution in [-0.2, 0) is 5.60 Å². The lowest BCUT2D eigenvalue weighted by molar-refractivity contribution is -0.268. The molecule has 4 nitrogen and oxygen atoms in total. The Bertz CT molecular complexity index is 448. The van der Waals surface area contributed by atoms with Crippen LogP contribution in [0.1, 0.15) is 12.0 Å². The third-order valence-electron chi connectivity index (χ3n) is 2.96. The van der Waals surface area contributed by atoms with E-state index in [1.807, 2.05) is 0 Å². The van der Waals surface area contributed by atoms with Crippen molar-refractivity contribution in [1.82, 2.24) is 10.6 Å². The van der Waals surface area contributed by atoms with Gasteiger partial charge in [-0.2, -0.15) is 13.2 Å². The van der Waals surface area contributed by atoms with Crippen LogP contribution in [0.3, 0.4) is 0 Å². The van der Waals surface area contributed by atoms with Crippen molar-refractivity contribution in [3.05, 3.63) is 35.9 Å². The Morgan fingerprint density at radius 1 is 1.25 bits per heavy atom. The molecule has 0 amide bonds. The van der Waals surface area contributed by atoms with E-state index >= 15 is 0 Å². The summed E-state index contributed by atoms with van der Waals surface area (Å²) < 4.78 is 39.5. The van der Waals surface area contributed by atoms with Crippen LogP contribution in [0, 0.1) is 0 Å². The minimum Gasteiger partial charge on any atom is -0.376 e. The van der Waals surface area contributed by atoms with Gasteiger partial charge in [-0.15, -0.1) is 0 Å². The molecule has 0 spiro atoms. The fourth-order valence-electron chi connectivity index (χ4n) is 1.80. The maximum Gasteiger partial charge on any atom is 0.421 e. The number of aliphatic hydroxyl groups is 1.